The zero-order valence-corrected chi connectivity index (χ0v) is 15.6. The van der Waals surface area contributed by atoms with Crippen molar-refractivity contribution >= 4 is 17.9 Å². The van der Waals surface area contributed by atoms with Crippen molar-refractivity contribution in [2.45, 2.75) is 52.6 Å². The summed E-state index contributed by atoms with van der Waals surface area (Å²) < 4.78 is 0. The van der Waals surface area contributed by atoms with E-state index >= 15 is 0 Å². The van der Waals surface area contributed by atoms with Gasteiger partial charge in [-0.2, -0.15) is 0 Å². The summed E-state index contributed by atoms with van der Waals surface area (Å²) in [6.07, 6.45) is 8.26. The van der Waals surface area contributed by atoms with Crippen LogP contribution in [0.5, 0.6) is 0 Å². The van der Waals surface area contributed by atoms with Gasteiger partial charge >= 0.3 is 0 Å². The number of nitrogens with zero attached hydrogens (tertiary/aromatic N) is 2. The van der Waals surface area contributed by atoms with Crippen LogP contribution in [-0.2, 0) is 9.59 Å². The smallest absolute Gasteiger partial charge is 0.247 e. The first-order valence-electron chi connectivity index (χ1n) is 9.06. The summed E-state index contributed by atoms with van der Waals surface area (Å²) in [4.78, 5) is 31.1. The Balaban J connectivity index is 2.16. The molecule has 0 aromatic carbocycles. The Labute approximate surface area is 150 Å². The number of pyridine rings is 1. The van der Waals surface area contributed by atoms with Crippen molar-refractivity contribution in [3.8, 4) is 0 Å². The lowest BCUT2D eigenvalue weighted by atomic mass is 9.95. The van der Waals surface area contributed by atoms with Gasteiger partial charge in [0.15, 0.2) is 0 Å². The van der Waals surface area contributed by atoms with Gasteiger partial charge in [0.2, 0.25) is 11.8 Å². The van der Waals surface area contributed by atoms with Gasteiger partial charge in [-0.25, -0.2) is 0 Å². The lowest BCUT2D eigenvalue weighted by molar-refractivity contribution is -0.142. The highest BCUT2D eigenvalue weighted by Crippen LogP contribution is 2.20. The van der Waals surface area contributed by atoms with E-state index in [0.29, 0.717) is 24.8 Å². The number of rotatable bonds is 6. The Kier molecular flexibility index (Phi) is 6.73. The van der Waals surface area contributed by atoms with Crippen LogP contribution < -0.4 is 5.32 Å². The van der Waals surface area contributed by atoms with E-state index in [0.717, 1.165) is 12.0 Å². The molecule has 0 bridgehead atoms. The molecular weight excluding hydrogens is 314 g/mol. The van der Waals surface area contributed by atoms with Crippen molar-refractivity contribution < 1.29 is 9.59 Å². The molecule has 2 amide bonds. The van der Waals surface area contributed by atoms with Crippen molar-refractivity contribution in [1.29, 1.82) is 0 Å². The summed E-state index contributed by atoms with van der Waals surface area (Å²) in [6, 6.07) is 3.35. The van der Waals surface area contributed by atoms with Gasteiger partial charge in [-0.3, -0.25) is 14.6 Å². The van der Waals surface area contributed by atoms with E-state index in [1.807, 2.05) is 12.1 Å². The van der Waals surface area contributed by atoms with Crippen molar-refractivity contribution in [1.82, 2.24) is 15.2 Å². The van der Waals surface area contributed by atoms with Gasteiger partial charge in [-0.05, 0) is 42.4 Å². The van der Waals surface area contributed by atoms with E-state index in [2.05, 4.69) is 38.0 Å². The molecule has 1 aliphatic heterocycles. The zero-order valence-electron chi connectivity index (χ0n) is 15.6. The maximum absolute atomic E-state index is 12.8. The number of carbonyl (C=O) groups is 2. The predicted octanol–water partition coefficient (Wildman–Crippen LogP) is 2.88. The molecule has 0 aliphatic carbocycles. The molecule has 2 heterocycles. The van der Waals surface area contributed by atoms with Gasteiger partial charge < -0.3 is 10.2 Å². The van der Waals surface area contributed by atoms with Crippen molar-refractivity contribution in [2.24, 2.45) is 11.8 Å². The molecule has 5 nitrogen and oxygen atoms in total. The number of nitrogens with one attached hydrogen (secondary N) is 1. The Morgan fingerprint density at radius 1 is 1.32 bits per heavy atom. The summed E-state index contributed by atoms with van der Waals surface area (Å²) in [5.74, 6) is 0.664. The summed E-state index contributed by atoms with van der Waals surface area (Å²) in [6.45, 7) is 8.96. The lowest BCUT2D eigenvalue weighted by Crippen LogP contribution is -2.61. The second-order valence-electron chi connectivity index (χ2n) is 7.59. The summed E-state index contributed by atoms with van der Waals surface area (Å²) in [5, 5.41) is 3.09. The molecule has 2 rings (SSSR count). The largest absolute Gasteiger partial charge is 0.350 e. The Morgan fingerprint density at radius 3 is 2.64 bits per heavy atom. The van der Waals surface area contributed by atoms with Gasteiger partial charge in [0.1, 0.15) is 6.04 Å². The molecule has 1 aromatic rings. The van der Waals surface area contributed by atoms with Crippen LogP contribution >= 0.6 is 0 Å². The topological polar surface area (TPSA) is 62.3 Å². The highest BCUT2D eigenvalue weighted by Gasteiger charge is 2.36. The van der Waals surface area contributed by atoms with Gasteiger partial charge in [-0.15, -0.1) is 0 Å². The van der Waals surface area contributed by atoms with E-state index in [4.69, 9.17) is 0 Å². The van der Waals surface area contributed by atoms with Gasteiger partial charge in [0, 0.05) is 31.1 Å². The van der Waals surface area contributed by atoms with Crippen molar-refractivity contribution in [3.63, 3.8) is 0 Å². The molecule has 136 valence electrons. The third-order valence-corrected chi connectivity index (χ3v) is 4.28. The first-order valence-corrected chi connectivity index (χ1v) is 9.06. The van der Waals surface area contributed by atoms with E-state index in [9.17, 15) is 9.59 Å². The van der Waals surface area contributed by atoms with E-state index in [1.165, 1.54) is 0 Å². The molecule has 25 heavy (non-hydrogen) atoms. The average molecular weight is 343 g/mol. The minimum Gasteiger partial charge on any atom is -0.350 e. The van der Waals surface area contributed by atoms with E-state index in [1.54, 1.807) is 29.4 Å². The highest BCUT2D eigenvalue weighted by atomic mass is 16.2. The minimum atomic E-state index is -0.394. The molecule has 5 heteroatoms. The molecular formula is C20H29N3O2. The van der Waals surface area contributed by atoms with Crippen molar-refractivity contribution in [3.05, 3.63) is 36.2 Å². The van der Waals surface area contributed by atoms with Crippen molar-refractivity contribution in [2.75, 3.05) is 6.54 Å². The molecule has 1 aliphatic rings. The van der Waals surface area contributed by atoms with Crippen LogP contribution in [0.15, 0.2) is 30.6 Å². The SMILES string of the molecule is CC(C)CC1CN(C(=O)C=Cc2cccnc2)C(CC(C)C)C(=O)N1. The van der Waals surface area contributed by atoms with Gasteiger partial charge in [-0.1, -0.05) is 33.8 Å². The quantitative estimate of drug-likeness (QED) is 0.808. The fourth-order valence-electron chi connectivity index (χ4n) is 3.21. The molecule has 0 spiro atoms. The van der Waals surface area contributed by atoms with Gasteiger partial charge in [0.05, 0.1) is 0 Å². The predicted molar refractivity (Wildman–Crippen MR) is 99.6 cm³/mol. The molecule has 1 saturated heterocycles. The minimum absolute atomic E-state index is 0.0201. The van der Waals surface area contributed by atoms with Crippen LogP contribution in [0.2, 0.25) is 0 Å². The fourth-order valence-corrected chi connectivity index (χ4v) is 3.21. The Hall–Kier alpha value is -2.17. The van der Waals surface area contributed by atoms with Crippen LogP contribution in [0.4, 0.5) is 0 Å². The zero-order chi connectivity index (χ0) is 18.4. The monoisotopic (exact) mass is 343 g/mol. The second-order valence-corrected chi connectivity index (χ2v) is 7.59. The number of hydrogen-bond donors (Lipinski definition) is 1. The number of aromatic nitrogens is 1. The fraction of sp³-hybridized carbons (Fsp3) is 0.550. The molecule has 2 atom stereocenters. The average Bonchev–Trinajstić information content (AvgIpc) is 2.55. The van der Waals surface area contributed by atoms with Crippen LogP contribution in [-0.4, -0.2) is 40.3 Å². The van der Waals surface area contributed by atoms with E-state index in [-0.39, 0.29) is 17.9 Å². The maximum Gasteiger partial charge on any atom is 0.247 e. The molecule has 1 aromatic heterocycles. The summed E-state index contributed by atoms with van der Waals surface area (Å²) >= 11 is 0. The van der Waals surface area contributed by atoms with Crippen LogP contribution in [0.1, 0.15) is 46.1 Å². The normalized spacial score (nSPS) is 21.2. The second kappa shape index (κ2) is 8.79. The molecule has 2 unspecified atom stereocenters. The maximum atomic E-state index is 12.8. The molecule has 0 radical (unpaired) electrons. The number of piperazine rings is 1. The standard InChI is InChI=1S/C20H29N3O2/c1-14(2)10-17-13-23(18(11-15(3)4)20(25)22-17)19(24)8-7-16-6-5-9-21-12-16/h5-9,12,14-15,17-18H,10-11,13H2,1-4H3,(H,22,25). The van der Waals surface area contributed by atoms with Gasteiger partial charge in [0.25, 0.3) is 0 Å². The van der Waals surface area contributed by atoms with Crippen LogP contribution in [0.3, 0.4) is 0 Å². The Bertz CT molecular complexity index is 611. The Morgan fingerprint density at radius 2 is 2.04 bits per heavy atom. The summed E-state index contributed by atoms with van der Waals surface area (Å²) in [5.41, 5.74) is 0.872. The number of carbonyl (C=O) groups excluding carboxylic acids is 2. The lowest BCUT2D eigenvalue weighted by Gasteiger charge is -2.40. The van der Waals surface area contributed by atoms with Crippen LogP contribution in [0.25, 0.3) is 6.08 Å². The van der Waals surface area contributed by atoms with Crippen LogP contribution in [0, 0.1) is 11.8 Å². The molecule has 1 N–H and O–H groups in total. The number of amides is 2. The first kappa shape index (κ1) is 19.2. The third-order valence-electron chi connectivity index (χ3n) is 4.28. The molecule has 1 fully saturated rings. The highest BCUT2D eigenvalue weighted by molar-refractivity contribution is 5.96. The third kappa shape index (κ3) is 5.69. The molecule has 0 saturated carbocycles. The first-order chi connectivity index (χ1) is 11.9. The van der Waals surface area contributed by atoms with E-state index < -0.39 is 6.04 Å². The summed E-state index contributed by atoms with van der Waals surface area (Å²) in [7, 11) is 0. The number of hydrogen-bond acceptors (Lipinski definition) is 3.